The zero-order chi connectivity index (χ0) is 19.7. The van der Waals surface area contributed by atoms with E-state index in [4.69, 9.17) is 9.47 Å². The minimum atomic E-state index is -3.42. The van der Waals surface area contributed by atoms with E-state index in [2.05, 4.69) is 6.92 Å². The molecule has 2 saturated heterocycles. The first-order chi connectivity index (χ1) is 13.4. The van der Waals surface area contributed by atoms with Crippen molar-refractivity contribution in [2.45, 2.75) is 32.6 Å². The summed E-state index contributed by atoms with van der Waals surface area (Å²) in [7, 11) is -3.42. The van der Waals surface area contributed by atoms with E-state index in [1.807, 2.05) is 0 Å². The summed E-state index contributed by atoms with van der Waals surface area (Å²) in [6.07, 6.45) is 2.93. The number of ketones is 1. The smallest absolute Gasteiger partial charge is 0.281 e. The van der Waals surface area contributed by atoms with Crippen LogP contribution in [0.25, 0.3) is 0 Å². The van der Waals surface area contributed by atoms with Gasteiger partial charge in [-0.2, -0.15) is 17.0 Å². The maximum atomic E-state index is 12.9. The molecule has 28 heavy (non-hydrogen) atoms. The minimum Gasteiger partial charge on any atom is -0.486 e. The highest BCUT2D eigenvalue weighted by Gasteiger charge is 2.36. The molecule has 154 valence electrons. The molecule has 1 aromatic carbocycles. The first kappa shape index (κ1) is 19.7. The number of carbonyl (C=O) groups is 1. The Kier molecular flexibility index (Phi) is 5.62. The predicted octanol–water partition coefficient (Wildman–Crippen LogP) is 2.33. The van der Waals surface area contributed by atoms with Gasteiger partial charge in [-0.15, -0.1) is 0 Å². The van der Waals surface area contributed by atoms with Crippen molar-refractivity contribution in [2.75, 3.05) is 39.4 Å². The number of rotatable bonds is 4. The molecule has 0 amide bonds. The molecule has 3 aliphatic rings. The molecule has 7 nitrogen and oxygen atoms in total. The van der Waals surface area contributed by atoms with Crippen molar-refractivity contribution in [3.63, 3.8) is 0 Å². The molecular formula is C20H28N2O5S. The Bertz CT molecular complexity index is 825. The molecule has 0 spiro atoms. The van der Waals surface area contributed by atoms with Crippen molar-refractivity contribution in [1.29, 1.82) is 0 Å². The molecule has 0 unspecified atom stereocenters. The molecule has 3 heterocycles. The van der Waals surface area contributed by atoms with E-state index in [9.17, 15) is 13.2 Å². The normalized spacial score (nSPS) is 22.9. The van der Waals surface area contributed by atoms with Gasteiger partial charge in [0, 0.05) is 37.7 Å². The molecule has 8 heteroatoms. The topological polar surface area (TPSA) is 76.2 Å². The summed E-state index contributed by atoms with van der Waals surface area (Å²) in [6, 6.07) is 5.29. The maximum Gasteiger partial charge on any atom is 0.281 e. The lowest BCUT2D eigenvalue weighted by Crippen LogP contribution is -2.49. The average molecular weight is 409 g/mol. The molecule has 0 atom stereocenters. The van der Waals surface area contributed by atoms with E-state index >= 15 is 0 Å². The third-order valence-electron chi connectivity index (χ3n) is 6.05. The molecule has 0 N–H and O–H groups in total. The summed E-state index contributed by atoms with van der Waals surface area (Å²) in [4.78, 5) is 12.9. The predicted molar refractivity (Wildman–Crippen MR) is 105 cm³/mol. The molecule has 0 saturated carbocycles. The van der Waals surface area contributed by atoms with Crippen molar-refractivity contribution in [1.82, 2.24) is 8.61 Å². The fourth-order valence-corrected chi connectivity index (χ4v) is 5.83. The molecule has 0 radical (unpaired) electrons. The second-order valence-corrected chi connectivity index (χ2v) is 9.91. The number of piperidine rings is 2. The number of benzene rings is 1. The Balaban J connectivity index is 1.38. The summed E-state index contributed by atoms with van der Waals surface area (Å²) in [5, 5.41) is 0. The van der Waals surface area contributed by atoms with Crippen LogP contribution in [-0.2, 0) is 10.2 Å². The molecule has 3 aliphatic heterocycles. The molecule has 2 fully saturated rings. The van der Waals surface area contributed by atoms with E-state index in [1.165, 1.54) is 0 Å². The van der Waals surface area contributed by atoms with E-state index in [0.29, 0.717) is 75.2 Å². The first-order valence-corrected chi connectivity index (χ1v) is 11.5. The highest BCUT2D eigenvalue weighted by atomic mass is 32.2. The van der Waals surface area contributed by atoms with Gasteiger partial charge >= 0.3 is 0 Å². The van der Waals surface area contributed by atoms with Crippen molar-refractivity contribution < 1.29 is 22.7 Å². The van der Waals surface area contributed by atoms with Crippen LogP contribution in [0.4, 0.5) is 0 Å². The quantitative estimate of drug-likeness (QED) is 0.715. The van der Waals surface area contributed by atoms with Gasteiger partial charge in [-0.25, -0.2) is 0 Å². The zero-order valence-electron chi connectivity index (χ0n) is 16.3. The third-order valence-corrected chi connectivity index (χ3v) is 8.08. The van der Waals surface area contributed by atoms with Crippen LogP contribution in [-0.4, -0.2) is 62.2 Å². The first-order valence-electron chi connectivity index (χ1n) is 10.1. The van der Waals surface area contributed by atoms with Crippen molar-refractivity contribution in [3.05, 3.63) is 23.8 Å². The van der Waals surface area contributed by atoms with E-state index < -0.39 is 10.2 Å². The van der Waals surface area contributed by atoms with Crippen molar-refractivity contribution in [2.24, 2.45) is 11.8 Å². The molecule has 1 aromatic rings. The maximum absolute atomic E-state index is 12.9. The average Bonchev–Trinajstić information content (AvgIpc) is 2.73. The molecular weight excluding hydrogens is 380 g/mol. The SMILES string of the molecule is CC1CCN(S(=O)(=O)N2CCC(C(=O)c3ccc4c(c3)OCCO4)CC2)CC1. The van der Waals surface area contributed by atoms with Gasteiger partial charge in [-0.3, -0.25) is 4.79 Å². The molecule has 0 bridgehead atoms. The van der Waals surface area contributed by atoms with Gasteiger partial charge in [0.05, 0.1) is 0 Å². The number of ether oxygens (including phenoxy) is 2. The zero-order valence-corrected chi connectivity index (χ0v) is 17.1. The number of hydrogen-bond acceptors (Lipinski definition) is 5. The third kappa shape index (κ3) is 3.90. The Hall–Kier alpha value is -1.64. The minimum absolute atomic E-state index is 0.0563. The van der Waals surface area contributed by atoms with E-state index in [-0.39, 0.29) is 11.7 Å². The lowest BCUT2D eigenvalue weighted by atomic mass is 9.89. The highest BCUT2D eigenvalue weighted by Crippen LogP contribution is 2.33. The van der Waals surface area contributed by atoms with Crippen molar-refractivity contribution >= 4 is 16.0 Å². The van der Waals surface area contributed by atoms with E-state index in [1.54, 1.807) is 26.8 Å². The fraction of sp³-hybridized carbons (Fsp3) is 0.650. The van der Waals surface area contributed by atoms with Crippen LogP contribution in [0, 0.1) is 11.8 Å². The number of hydrogen-bond donors (Lipinski definition) is 0. The summed E-state index contributed by atoms with van der Waals surface area (Å²) in [6.45, 7) is 5.15. The lowest BCUT2D eigenvalue weighted by molar-refractivity contribution is 0.0871. The molecule has 0 aromatic heterocycles. The summed E-state index contributed by atoms with van der Waals surface area (Å²) < 4.78 is 40.0. The van der Waals surface area contributed by atoms with Gasteiger partial charge in [0.25, 0.3) is 10.2 Å². The number of Topliss-reactive ketones (excluding diaryl/α,β-unsaturated/α-hetero) is 1. The van der Waals surface area contributed by atoms with Gasteiger partial charge in [-0.1, -0.05) is 6.92 Å². The van der Waals surface area contributed by atoms with Crippen LogP contribution in [0.3, 0.4) is 0 Å². The highest BCUT2D eigenvalue weighted by molar-refractivity contribution is 7.86. The van der Waals surface area contributed by atoms with Crippen LogP contribution >= 0.6 is 0 Å². The number of nitrogens with zero attached hydrogens (tertiary/aromatic N) is 2. The van der Waals surface area contributed by atoms with Crippen LogP contribution in [0.5, 0.6) is 11.5 Å². The largest absolute Gasteiger partial charge is 0.486 e. The number of carbonyl (C=O) groups excluding carboxylic acids is 1. The number of fused-ring (bicyclic) bond motifs is 1. The standard InChI is InChI=1S/C20H28N2O5S/c1-15-4-8-21(9-5-15)28(24,25)22-10-6-16(7-11-22)20(23)17-2-3-18-19(14-17)27-13-12-26-18/h2-3,14-16H,4-13H2,1H3. The summed E-state index contributed by atoms with van der Waals surface area (Å²) in [5.41, 5.74) is 0.607. The van der Waals surface area contributed by atoms with Gasteiger partial charge in [0.1, 0.15) is 13.2 Å². The van der Waals surface area contributed by atoms with E-state index in [0.717, 1.165) is 12.8 Å². The van der Waals surface area contributed by atoms with Crippen LogP contribution in [0.2, 0.25) is 0 Å². The van der Waals surface area contributed by atoms with Crippen LogP contribution in [0.1, 0.15) is 43.0 Å². The van der Waals surface area contributed by atoms with Crippen molar-refractivity contribution in [3.8, 4) is 11.5 Å². The lowest BCUT2D eigenvalue weighted by Gasteiger charge is -2.37. The monoisotopic (exact) mass is 408 g/mol. The summed E-state index contributed by atoms with van der Waals surface area (Å²) >= 11 is 0. The second kappa shape index (κ2) is 8.00. The Morgan fingerprint density at radius 2 is 1.50 bits per heavy atom. The van der Waals surface area contributed by atoms with Crippen LogP contribution in [0.15, 0.2) is 18.2 Å². The van der Waals surface area contributed by atoms with Gasteiger partial charge in [-0.05, 0) is 49.8 Å². The van der Waals surface area contributed by atoms with Crippen LogP contribution < -0.4 is 9.47 Å². The Labute approximate surface area is 166 Å². The van der Waals surface area contributed by atoms with Gasteiger partial charge in [0.15, 0.2) is 17.3 Å². The van der Waals surface area contributed by atoms with Gasteiger partial charge < -0.3 is 9.47 Å². The fourth-order valence-electron chi connectivity index (χ4n) is 4.16. The Morgan fingerprint density at radius 1 is 0.929 bits per heavy atom. The Morgan fingerprint density at radius 3 is 2.14 bits per heavy atom. The van der Waals surface area contributed by atoms with Gasteiger partial charge in [0.2, 0.25) is 0 Å². The second-order valence-electron chi connectivity index (χ2n) is 7.99. The molecule has 4 rings (SSSR count). The molecule has 0 aliphatic carbocycles. The summed E-state index contributed by atoms with van der Waals surface area (Å²) in [5.74, 6) is 1.76.